The maximum Gasteiger partial charge on any atom is 0.310 e. The lowest BCUT2D eigenvalue weighted by Gasteiger charge is -2.31. The number of methoxy groups -OCH3 is 1. The number of aryl methyl sites for hydroxylation is 1. The van der Waals surface area contributed by atoms with Crippen LogP contribution in [0.4, 0.5) is 0 Å². The third kappa shape index (κ3) is 2.56. The Labute approximate surface area is 111 Å². The van der Waals surface area contributed by atoms with Gasteiger partial charge in [-0.25, -0.2) is 0 Å². The number of hydrogen-bond acceptors (Lipinski definition) is 4. The average molecular weight is 267 g/mol. The maximum absolute atomic E-state index is 12.3. The number of amides is 1. The molecule has 98 valence electrons. The molecule has 1 aromatic rings. The number of ether oxygens (including phenoxy) is 1. The van der Waals surface area contributed by atoms with Gasteiger partial charge in [0.05, 0.1) is 18.6 Å². The Morgan fingerprint density at radius 3 is 2.83 bits per heavy atom. The minimum absolute atomic E-state index is 0.0300. The van der Waals surface area contributed by atoms with E-state index in [0.29, 0.717) is 6.54 Å². The van der Waals surface area contributed by atoms with Crippen molar-refractivity contribution in [2.24, 2.45) is 5.92 Å². The highest BCUT2D eigenvalue weighted by atomic mass is 32.1. The number of likely N-dealkylation sites (tertiary alicyclic amines) is 1. The van der Waals surface area contributed by atoms with E-state index in [4.69, 9.17) is 4.74 Å². The lowest BCUT2D eigenvalue weighted by molar-refractivity contribution is -0.146. The van der Waals surface area contributed by atoms with Crippen LogP contribution in [0.5, 0.6) is 0 Å². The number of esters is 1. The summed E-state index contributed by atoms with van der Waals surface area (Å²) in [6.45, 7) is 3.13. The molecule has 1 unspecified atom stereocenters. The van der Waals surface area contributed by atoms with Gasteiger partial charge in [0.25, 0.3) is 5.91 Å². The number of piperidine rings is 1. The van der Waals surface area contributed by atoms with Gasteiger partial charge in [-0.1, -0.05) is 0 Å². The summed E-state index contributed by atoms with van der Waals surface area (Å²) in [4.78, 5) is 25.6. The van der Waals surface area contributed by atoms with Crippen LogP contribution in [0.1, 0.15) is 28.8 Å². The molecule has 0 aromatic carbocycles. The smallest absolute Gasteiger partial charge is 0.310 e. The van der Waals surface area contributed by atoms with Crippen molar-refractivity contribution in [3.05, 3.63) is 21.9 Å². The van der Waals surface area contributed by atoms with Crippen LogP contribution in [0.15, 0.2) is 10.8 Å². The van der Waals surface area contributed by atoms with Crippen LogP contribution >= 0.6 is 11.3 Å². The molecule has 1 atom stereocenters. The molecule has 1 amide bonds. The summed E-state index contributed by atoms with van der Waals surface area (Å²) in [5.74, 6) is -0.358. The van der Waals surface area contributed by atoms with E-state index >= 15 is 0 Å². The molecule has 18 heavy (non-hydrogen) atoms. The first-order chi connectivity index (χ1) is 8.63. The zero-order valence-corrected chi connectivity index (χ0v) is 11.5. The van der Waals surface area contributed by atoms with Crippen LogP contribution in [0, 0.1) is 12.8 Å². The van der Waals surface area contributed by atoms with E-state index in [0.717, 1.165) is 30.5 Å². The molecule has 0 spiro atoms. The molecule has 1 fully saturated rings. The fourth-order valence-electron chi connectivity index (χ4n) is 2.27. The van der Waals surface area contributed by atoms with Crippen molar-refractivity contribution in [2.75, 3.05) is 20.2 Å². The molecule has 0 bridgehead atoms. The zero-order valence-electron chi connectivity index (χ0n) is 10.6. The Morgan fingerprint density at radius 2 is 2.22 bits per heavy atom. The van der Waals surface area contributed by atoms with Gasteiger partial charge in [-0.05, 0) is 30.7 Å². The summed E-state index contributed by atoms with van der Waals surface area (Å²) >= 11 is 1.53. The molecule has 0 saturated carbocycles. The quantitative estimate of drug-likeness (QED) is 0.771. The Kier molecular flexibility index (Phi) is 4.01. The van der Waals surface area contributed by atoms with Crippen LogP contribution in [-0.4, -0.2) is 37.0 Å². The molecule has 0 aliphatic carbocycles. The molecule has 1 aliphatic heterocycles. The summed E-state index contributed by atoms with van der Waals surface area (Å²) in [5, 5.41) is 3.84. The van der Waals surface area contributed by atoms with E-state index in [1.54, 1.807) is 4.90 Å². The third-order valence-electron chi connectivity index (χ3n) is 3.33. The molecule has 4 nitrogen and oxygen atoms in total. The second-order valence-corrected chi connectivity index (χ2v) is 5.33. The Bertz CT molecular complexity index is 455. The molecule has 5 heteroatoms. The minimum Gasteiger partial charge on any atom is -0.469 e. The standard InChI is InChI=1S/C13H17NO3S/c1-9-7-18-8-11(9)12(15)14-5-3-4-10(6-14)13(16)17-2/h7-8,10H,3-6H2,1-2H3. The van der Waals surface area contributed by atoms with Crippen LogP contribution in [0.3, 0.4) is 0 Å². The summed E-state index contributed by atoms with van der Waals surface area (Å²) in [7, 11) is 1.39. The monoisotopic (exact) mass is 267 g/mol. The lowest BCUT2D eigenvalue weighted by Crippen LogP contribution is -2.42. The van der Waals surface area contributed by atoms with Crippen molar-refractivity contribution in [3.8, 4) is 0 Å². The van der Waals surface area contributed by atoms with Crippen molar-refractivity contribution in [1.82, 2.24) is 4.90 Å². The Balaban J connectivity index is 2.07. The predicted molar refractivity (Wildman–Crippen MR) is 69.7 cm³/mol. The molecular weight excluding hydrogens is 250 g/mol. The van der Waals surface area contributed by atoms with Crippen molar-refractivity contribution < 1.29 is 14.3 Å². The molecule has 1 saturated heterocycles. The first kappa shape index (κ1) is 13.1. The highest BCUT2D eigenvalue weighted by molar-refractivity contribution is 7.08. The molecule has 1 aliphatic rings. The molecule has 2 rings (SSSR count). The van der Waals surface area contributed by atoms with Crippen LogP contribution in [-0.2, 0) is 9.53 Å². The van der Waals surface area contributed by atoms with E-state index in [2.05, 4.69) is 0 Å². The molecule has 1 aromatic heterocycles. The number of hydrogen-bond donors (Lipinski definition) is 0. The second-order valence-electron chi connectivity index (χ2n) is 4.58. The molecular formula is C13H17NO3S. The van der Waals surface area contributed by atoms with Gasteiger partial charge in [-0.3, -0.25) is 9.59 Å². The number of carbonyl (C=O) groups is 2. The summed E-state index contributed by atoms with van der Waals surface area (Å²) in [6, 6.07) is 0. The van der Waals surface area contributed by atoms with Gasteiger partial charge >= 0.3 is 5.97 Å². The fraction of sp³-hybridized carbons (Fsp3) is 0.538. The van der Waals surface area contributed by atoms with Gasteiger partial charge in [0.15, 0.2) is 0 Å². The van der Waals surface area contributed by atoms with Gasteiger partial charge in [0.1, 0.15) is 0 Å². The Morgan fingerprint density at radius 1 is 1.44 bits per heavy atom. The highest BCUT2D eigenvalue weighted by Crippen LogP contribution is 2.22. The van der Waals surface area contributed by atoms with Crippen molar-refractivity contribution in [3.63, 3.8) is 0 Å². The van der Waals surface area contributed by atoms with Gasteiger partial charge in [0.2, 0.25) is 0 Å². The number of carbonyl (C=O) groups excluding carboxylic acids is 2. The summed E-state index contributed by atoms with van der Waals surface area (Å²) in [5.41, 5.74) is 1.76. The zero-order chi connectivity index (χ0) is 13.1. The number of nitrogens with zero attached hydrogens (tertiary/aromatic N) is 1. The van der Waals surface area contributed by atoms with Crippen LogP contribution < -0.4 is 0 Å². The van der Waals surface area contributed by atoms with Gasteiger partial charge in [-0.2, -0.15) is 11.3 Å². The minimum atomic E-state index is -0.213. The van der Waals surface area contributed by atoms with Crippen LogP contribution in [0.25, 0.3) is 0 Å². The van der Waals surface area contributed by atoms with Gasteiger partial charge in [-0.15, -0.1) is 0 Å². The van der Waals surface area contributed by atoms with E-state index in [-0.39, 0.29) is 17.8 Å². The van der Waals surface area contributed by atoms with Gasteiger partial charge in [0, 0.05) is 18.5 Å². The van der Waals surface area contributed by atoms with Crippen LogP contribution in [0.2, 0.25) is 0 Å². The fourth-order valence-corrected chi connectivity index (χ4v) is 3.09. The first-order valence-electron chi connectivity index (χ1n) is 6.03. The number of rotatable bonds is 2. The van der Waals surface area contributed by atoms with Crippen molar-refractivity contribution >= 4 is 23.2 Å². The van der Waals surface area contributed by atoms with E-state index < -0.39 is 0 Å². The van der Waals surface area contributed by atoms with Gasteiger partial charge < -0.3 is 9.64 Å². The first-order valence-corrected chi connectivity index (χ1v) is 6.97. The van der Waals surface area contributed by atoms with Crippen molar-refractivity contribution in [1.29, 1.82) is 0 Å². The summed E-state index contributed by atoms with van der Waals surface area (Å²) < 4.78 is 4.76. The highest BCUT2D eigenvalue weighted by Gasteiger charge is 2.30. The topological polar surface area (TPSA) is 46.6 Å². The molecule has 0 radical (unpaired) electrons. The number of thiophene rings is 1. The molecule has 2 heterocycles. The SMILES string of the molecule is COC(=O)C1CCCN(C(=O)c2cscc2C)C1. The third-order valence-corrected chi connectivity index (χ3v) is 4.19. The lowest BCUT2D eigenvalue weighted by atomic mass is 9.97. The summed E-state index contributed by atoms with van der Waals surface area (Å²) in [6.07, 6.45) is 1.66. The Hall–Kier alpha value is -1.36. The maximum atomic E-state index is 12.3. The van der Waals surface area contributed by atoms with Crippen molar-refractivity contribution in [2.45, 2.75) is 19.8 Å². The van der Waals surface area contributed by atoms with E-state index in [1.165, 1.54) is 18.4 Å². The average Bonchev–Trinajstić information content (AvgIpc) is 2.83. The largest absolute Gasteiger partial charge is 0.469 e. The predicted octanol–water partition coefficient (Wildman–Crippen LogP) is 2.08. The second kappa shape index (κ2) is 5.52. The molecule has 0 N–H and O–H groups in total. The van der Waals surface area contributed by atoms with E-state index in [9.17, 15) is 9.59 Å². The van der Waals surface area contributed by atoms with E-state index in [1.807, 2.05) is 17.7 Å². The normalized spacial score (nSPS) is 19.7.